The summed E-state index contributed by atoms with van der Waals surface area (Å²) in [5.41, 5.74) is 0.267. The summed E-state index contributed by atoms with van der Waals surface area (Å²) in [6, 6.07) is 11.3. The monoisotopic (exact) mass is 292 g/mol. The first kappa shape index (κ1) is 15.9. The lowest BCUT2D eigenvalue weighted by atomic mass is 9.93. The second kappa shape index (κ2) is 6.97. The van der Waals surface area contributed by atoms with Crippen molar-refractivity contribution in [3.05, 3.63) is 30.3 Å². The summed E-state index contributed by atoms with van der Waals surface area (Å²) in [7, 11) is 0. The highest BCUT2D eigenvalue weighted by atomic mass is 32.2. The number of piperazine rings is 1. The SMILES string of the molecule is CC(C)C1CN(CCSc2ccccc2)C(C)(C)CN1. The lowest BCUT2D eigenvalue weighted by Gasteiger charge is -2.47. The number of rotatable bonds is 5. The van der Waals surface area contributed by atoms with Crippen LogP contribution >= 0.6 is 11.8 Å². The van der Waals surface area contributed by atoms with Crippen molar-refractivity contribution in [2.45, 2.75) is 44.2 Å². The molecule has 0 radical (unpaired) electrons. The van der Waals surface area contributed by atoms with E-state index in [1.54, 1.807) is 0 Å². The summed E-state index contributed by atoms with van der Waals surface area (Å²) in [4.78, 5) is 4.03. The van der Waals surface area contributed by atoms with Gasteiger partial charge >= 0.3 is 0 Å². The molecule has 1 aliphatic heterocycles. The molecular formula is C17H28N2S. The highest BCUT2D eigenvalue weighted by Crippen LogP contribution is 2.23. The maximum absolute atomic E-state index is 3.70. The van der Waals surface area contributed by atoms with Gasteiger partial charge in [0.25, 0.3) is 0 Å². The Balaban J connectivity index is 1.86. The van der Waals surface area contributed by atoms with Crippen LogP contribution in [0.25, 0.3) is 0 Å². The van der Waals surface area contributed by atoms with Gasteiger partial charge in [-0.2, -0.15) is 0 Å². The summed E-state index contributed by atoms with van der Waals surface area (Å²) >= 11 is 1.96. The van der Waals surface area contributed by atoms with E-state index in [0.29, 0.717) is 12.0 Å². The van der Waals surface area contributed by atoms with Gasteiger partial charge < -0.3 is 5.32 Å². The van der Waals surface area contributed by atoms with Gasteiger partial charge in [-0.1, -0.05) is 32.0 Å². The maximum atomic E-state index is 3.70. The van der Waals surface area contributed by atoms with Crippen molar-refractivity contribution in [2.24, 2.45) is 5.92 Å². The van der Waals surface area contributed by atoms with Crippen molar-refractivity contribution in [2.75, 3.05) is 25.4 Å². The zero-order chi connectivity index (χ0) is 14.6. The summed E-state index contributed by atoms with van der Waals surface area (Å²) in [6.45, 7) is 12.7. The molecule has 3 heteroatoms. The Labute approximate surface area is 128 Å². The fraction of sp³-hybridized carbons (Fsp3) is 0.647. The molecule has 1 heterocycles. The molecule has 112 valence electrons. The second-order valence-corrected chi connectivity index (χ2v) is 7.82. The van der Waals surface area contributed by atoms with Crippen molar-refractivity contribution >= 4 is 11.8 Å². The van der Waals surface area contributed by atoms with Gasteiger partial charge in [-0.3, -0.25) is 4.90 Å². The number of nitrogens with zero attached hydrogens (tertiary/aromatic N) is 1. The van der Waals surface area contributed by atoms with Crippen LogP contribution in [-0.2, 0) is 0 Å². The molecule has 0 saturated carbocycles. The van der Waals surface area contributed by atoms with E-state index in [1.807, 2.05) is 11.8 Å². The minimum Gasteiger partial charge on any atom is -0.311 e. The average Bonchev–Trinajstić information content (AvgIpc) is 2.41. The van der Waals surface area contributed by atoms with Crippen LogP contribution in [0.2, 0.25) is 0 Å². The smallest absolute Gasteiger partial charge is 0.0278 e. The van der Waals surface area contributed by atoms with E-state index in [1.165, 1.54) is 11.4 Å². The lowest BCUT2D eigenvalue weighted by molar-refractivity contribution is 0.0610. The predicted octanol–water partition coefficient (Wildman–Crippen LogP) is 3.49. The molecule has 2 rings (SSSR count). The van der Waals surface area contributed by atoms with Gasteiger partial charge in [0.15, 0.2) is 0 Å². The summed E-state index contributed by atoms with van der Waals surface area (Å²) in [6.07, 6.45) is 0. The fourth-order valence-corrected chi connectivity index (χ4v) is 3.57. The number of hydrogen-bond donors (Lipinski definition) is 1. The number of nitrogens with one attached hydrogen (secondary N) is 1. The molecule has 0 aliphatic carbocycles. The molecule has 0 bridgehead atoms. The Morgan fingerprint density at radius 2 is 2.00 bits per heavy atom. The molecule has 1 unspecified atom stereocenters. The van der Waals surface area contributed by atoms with Gasteiger partial charge in [0, 0.05) is 41.9 Å². The van der Waals surface area contributed by atoms with Crippen LogP contribution in [0.15, 0.2) is 35.2 Å². The van der Waals surface area contributed by atoms with E-state index in [0.717, 1.165) is 18.8 Å². The maximum Gasteiger partial charge on any atom is 0.0278 e. The lowest BCUT2D eigenvalue weighted by Crippen LogP contribution is -2.63. The molecular weight excluding hydrogens is 264 g/mol. The predicted molar refractivity (Wildman–Crippen MR) is 89.4 cm³/mol. The van der Waals surface area contributed by atoms with Crippen LogP contribution in [0.1, 0.15) is 27.7 Å². The number of hydrogen-bond acceptors (Lipinski definition) is 3. The number of benzene rings is 1. The van der Waals surface area contributed by atoms with Crippen molar-refractivity contribution in [1.29, 1.82) is 0 Å². The summed E-state index contributed by atoms with van der Waals surface area (Å²) < 4.78 is 0. The molecule has 2 nitrogen and oxygen atoms in total. The third-order valence-corrected chi connectivity index (χ3v) is 5.24. The van der Waals surface area contributed by atoms with Crippen LogP contribution < -0.4 is 5.32 Å². The van der Waals surface area contributed by atoms with Crippen LogP contribution in [0.5, 0.6) is 0 Å². The first-order chi connectivity index (χ1) is 9.49. The molecule has 1 aromatic rings. The van der Waals surface area contributed by atoms with E-state index >= 15 is 0 Å². The minimum absolute atomic E-state index is 0.267. The van der Waals surface area contributed by atoms with E-state index in [2.05, 4.69) is 68.2 Å². The van der Waals surface area contributed by atoms with Crippen LogP contribution in [0.4, 0.5) is 0 Å². The van der Waals surface area contributed by atoms with Gasteiger partial charge in [-0.05, 0) is 31.9 Å². The van der Waals surface area contributed by atoms with Gasteiger partial charge in [-0.15, -0.1) is 11.8 Å². The standard InChI is InChI=1S/C17H28N2S/c1-14(2)16-12-19(17(3,4)13-18-16)10-11-20-15-8-6-5-7-9-15/h5-9,14,16,18H,10-13H2,1-4H3. The minimum atomic E-state index is 0.267. The molecule has 0 spiro atoms. The Morgan fingerprint density at radius 1 is 1.30 bits per heavy atom. The Morgan fingerprint density at radius 3 is 2.65 bits per heavy atom. The molecule has 1 N–H and O–H groups in total. The Hall–Kier alpha value is -0.510. The molecule has 1 saturated heterocycles. The van der Waals surface area contributed by atoms with E-state index < -0.39 is 0 Å². The largest absolute Gasteiger partial charge is 0.311 e. The van der Waals surface area contributed by atoms with Crippen molar-refractivity contribution in [3.63, 3.8) is 0 Å². The molecule has 1 aliphatic rings. The van der Waals surface area contributed by atoms with Crippen LogP contribution in [0.3, 0.4) is 0 Å². The zero-order valence-electron chi connectivity index (χ0n) is 13.2. The number of thioether (sulfide) groups is 1. The second-order valence-electron chi connectivity index (χ2n) is 6.65. The van der Waals surface area contributed by atoms with Crippen molar-refractivity contribution < 1.29 is 0 Å². The molecule has 20 heavy (non-hydrogen) atoms. The topological polar surface area (TPSA) is 15.3 Å². The van der Waals surface area contributed by atoms with Gasteiger partial charge in [-0.25, -0.2) is 0 Å². The van der Waals surface area contributed by atoms with Gasteiger partial charge in [0.2, 0.25) is 0 Å². The first-order valence-corrected chi connectivity index (χ1v) is 8.64. The van der Waals surface area contributed by atoms with E-state index in [4.69, 9.17) is 0 Å². The van der Waals surface area contributed by atoms with E-state index in [9.17, 15) is 0 Å². The summed E-state index contributed by atoms with van der Waals surface area (Å²) in [5.74, 6) is 1.87. The van der Waals surface area contributed by atoms with Gasteiger partial charge in [0.1, 0.15) is 0 Å². The zero-order valence-corrected chi connectivity index (χ0v) is 14.0. The molecule has 1 fully saturated rings. The molecule has 1 aromatic carbocycles. The van der Waals surface area contributed by atoms with Crippen LogP contribution in [0, 0.1) is 5.92 Å². The third-order valence-electron chi connectivity index (χ3n) is 4.25. The Kier molecular flexibility index (Phi) is 5.53. The fourth-order valence-electron chi connectivity index (χ4n) is 2.67. The summed E-state index contributed by atoms with van der Waals surface area (Å²) in [5, 5.41) is 3.70. The van der Waals surface area contributed by atoms with Crippen LogP contribution in [-0.4, -0.2) is 41.9 Å². The van der Waals surface area contributed by atoms with Gasteiger partial charge in [0.05, 0.1) is 0 Å². The van der Waals surface area contributed by atoms with E-state index in [-0.39, 0.29) is 5.54 Å². The van der Waals surface area contributed by atoms with Crippen molar-refractivity contribution in [1.82, 2.24) is 10.2 Å². The highest BCUT2D eigenvalue weighted by Gasteiger charge is 2.34. The average molecular weight is 292 g/mol. The molecule has 0 amide bonds. The molecule has 0 aromatic heterocycles. The normalized spacial score (nSPS) is 23.1. The van der Waals surface area contributed by atoms with Crippen molar-refractivity contribution in [3.8, 4) is 0 Å². The quantitative estimate of drug-likeness (QED) is 0.836. The Bertz CT molecular complexity index is 403. The molecule has 1 atom stereocenters. The first-order valence-electron chi connectivity index (χ1n) is 7.65. The highest BCUT2D eigenvalue weighted by molar-refractivity contribution is 7.99. The third kappa shape index (κ3) is 4.24.